The van der Waals surface area contributed by atoms with Crippen LogP contribution in [0.1, 0.15) is 53.4 Å². The highest BCUT2D eigenvalue weighted by molar-refractivity contribution is 7.80. The van der Waals surface area contributed by atoms with Gasteiger partial charge in [0.1, 0.15) is 18.1 Å². The average molecular weight is 476 g/mol. The second-order valence-corrected chi connectivity index (χ2v) is 8.94. The van der Waals surface area contributed by atoms with Gasteiger partial charge in [-0.25, -0.2) is 4.79 Å². The molecule has 8 N–H and O–H groups in total. The number of hydrogen-bond donors (Lipinski definition) is 7. The van der Waals surface area contributed by atoms with Crippen LogP contribution in [0.5, 0.6) is 0 Å². The summed E-state index contributed by atoms with van der Waals surface area (Å²) in [6, 6.07) is -4.21. The van der Waals surface area contributed by atoms with Crippen LogP contribution in [0.4, 0.5) is 0 Å². The predicted octanol–water partition coefficient (Wildman–Crippen LogP) is -0.860. The van der Waals surface area contributed by atoms with Gasteiger partial charge in [0.25, 0.3) is 0 Å². The van der Waals surface area contributed by atoms with Crippen LogP contribution in [0.3, 0.4) is 0 Å². The number of carboxylic acids is 1. The Morgan fingerprint density at radius 3 is 1.72 bits per heavy atom. The molecule has 0 saturated heterocycles. The SMILES string of the molecule is CC(C)CC(N)C(=O)NC(CC(C)C)C(=O)NC(CS)C(=O)NC(CCC(N)=O)C(=O)O. The first kappa shape index (κ1) is 29.7. The number of primary amides is 1. The van der Waals surface area contributed by atoms with Gasteiger partial charge in [0, 0.05) is 12.2 Å². The maximum absolute atomic E-state index is 12.8. The number of aliphatic carboxylic acids is 1. The molecule has 184 valence electrons. The number of nitrogens with two attached hydrogens (primary N) is 2. The van der Waals surface area contributed by atoms with Crippen LogP contribution in [0, 0.1) is 11.8 Å². The molecule has 0 fully saturated rings. The van der Waals surface area contributed by atoms with Crippen molar-refractivity contribution in [2.24, 2.45) is 23.3 Å². The quantitative estimate of drug-likeness (QED) is 0.150. The standard InChI is InChI=1S/C20H37N5O6S/c1-10(2)7-12(21)17(27)24-14(8-11(3)4)18(28)25-15(9-32)19(29)23-13(20(30)31)5-6-16(22)26/h10-15,32H,5-9,21H2,1-4H3,(H2,22,26)(H,23,29)(H,24,27)(H,25,28)(H,30,31). The molecule has 12 heteroatoms. The van der Waals surface area contributed by atoms with Crippen LogP contribution in [0.15, 0.2) is 0 Å². The molecule has 11 nitrogen and oxygen atoms in total. The van der Waals surface area contributed by atoms with E-state index in [1.165, 1.54) is 0 Å². The molecular weight excluding hydrogens is 438 g/mol. The summed E-state index contributed by atoms with van der Waals surface area (Å²) in [5.41, 5.74) is 10.9. The molecule has 0 heterocycles. The van der Waals surface area contributed by atoms with Crippen LogP contribution in [-0.2, 0) is 24.0 Å². The van der Waals surface area contributed by atoms with Crippen LogP contribution in [-0.4, -0.2) is 64.6 Å². The van der Waals surface area contributed by atoms with Crippen LogP contribution >= 0.6 is 12.6 Å². The van der Waals surface area contributed by atoms with Crippen LogP contribution < -0.4 is 27.4 Å². The normalized spacial score (nSPS) is 14.9. The highest BCUT2D eigenvalue weighted by Crippen LogP contribution is 2.08. The van der Waals surface area contributed by atoms with Gasteiger partial charge in [0.05, 0.1) is 6.04 Å². The van der Waals surface area contributed by atoms with Gasteiger partial charge in [-0.05, 0) is 31.1 Å². The van der Waals surface area contributed by atoms with E-state index in [1.807, 2.05) is 27.7 Å². The third kappa shape index (κ3) is 11.9. The zero-order valence-corrected chi connectivity index (χ0v) is 20.0. The Balaban J connectivity index is 5.23. The number of nitrogens with one attached hydrogen (secondary N) is 3. The fourth-order valence-corrected chi connectivity index (χ4v) is 3.14. The molecule has 0 aromatic carbocycles. The lowest BCUT2D eigenvalue weighted by molar-refractivity contribution is -0.142. The molecule has 0 aliphatic heterocycles. The Hall–Kier alpha value is -2.34. The van der Waals surface area contributed by atoms with Crippen LogP contribution in [0.25, 0.3) is 0 Å². The number of carbonyl (C=O) groups is 5. The van der Waals surface area contributed by atoms with E-state index >= 15 is 0 Å². The van der Waals surface area contributed by atoms with Gasteiger partial charge in [-0.2, -0.15) is 12.6 Å². The van der Waals surface area contributed by atoms with Crippen molar-refractivity contribution in [3.8, 4) is 0 Å². The Bertz CT molecular complexity index is 673. The van der Waals surface area contributed by atoms with E-state index < -0.39 is 53.8 Å². The monoisotopic (exact) mass is 475 g/mol. The molecule has 0 aliphatic rings. The minimum absolute atomic E-state index is 0.0563. The van der Waals surface area contributed by atoms with Gasteiger partial charge in [0.2, 0.25) is 23.6 Å². The van der Waals surface area contributed by atoms with Gasteiger partial charge < -0.3 is 32.5 Å². The van der Waals surface area contributed by atoms with E-state index in [0.717, 1.165) is 0 Å². The number of thiol groups is 1. The molecular formula is C20H37N5O6S. The Kier molecular flexibility index (Phi) is 13.6. The van der Waals surface area contributed by atoms with Gasteiger partial charge in [-0.1, -0.05) is 27.7 Å². The van der Waals surface area contributed by atoms with E-state index in [1.54, 1.807) is 0 Å². The number of amides is 4. The summed E-state index contributed by atoms with van der Waals surface area (Å²) in [6.07, 6.45) is 0.340. The lowest BCUT2D eigenvalue weighted by Gasteiger charge is -2.25. The highest BCUT2D eigenvalue weighted by Gasteiger charge is 2.30. The molecule has 0 rings (SSSR count). The fraction of sp³-hybridized carbons (Fsp3) is 0.750. The Morgan fingerprint density at radius 1 is 0.812 bits per heavy atom. The summed E-state index contributed by atoms with van der Waals surface area (Å²) in [4.78, 5) is 60.0. The van der Waals surface area contributed by atoms with Crippen molar-refractivity contribution < 1.29 is 29.1 Å². The van der Waals surface area contributed by atoms with E-state index in [9.17, 15) is 29.1 Å². The third-order valence-corrected chi connectivity index (χ3v) is 4.88. The van der Waals surface area contributed by atoms with Crippen molar-refractivity contribution in [1.29, 1.82) is 0 Å². The first-order chi connectivity index (χ1) is 14.8. The zero-order chi connectivity index (χ0) is 25.0. The van der Waals surface area contributed by atoms with Gasteiger partial charge >= 0.3 is 5.97 Å². The van der Waals surface area contributed by atoms with Gasteiger partial charge in [-0.3, -0.25) is 19.2 Å². The summed E-state index contributed by atoms with van der Waals surface area (Å²) in [5.74, 6) is -3.76. The number of carboxylic acid groups (broad SMARTS) is 1. The lowest BCUT2D eigenvalue weighted by atomic mass is 10.0. The van der Waals surface area contributed by atoms with Gasteiger partial charge in [-0.15, -0.1) is 0 Å². The predicted molar refractivity (Wildman–Crippen MR) is 123 cm³/mol. The minimum Gasteiger partial charge on any atom is -0.480 e. The number of hydrogen-bond acceptors (Lipinski definition) is 7. The summed E-state index contributed by atoms with van der Waals surface area (Å²) in [7, 11) is 0. The first-order valence-corrected chi connectivity index (χ1v) is 11.2. The van der Waals surface area contributed by atoms with E-state index in [-0.39, 0.29) is 30.4 Å². The maximum atomic E-state index is 12.8. The molecule has 4 unspecified atom stereocenters. The number of rotatable bonds is 15. The molecule has 0 aliphatic carbocycles. The number of carbonyl (C=O) groups excluding carboxylic acids is 4. The van der Waals surface area contributed by atoms with Crippen molar-refractivity contribution in [3.05, 3.63) is 0 Å². The van der Waals surface area contributed by atoms with Crippen molar-refractivity contribution in [3.63, 3.8) is 0 Å². The summed E-state index contributed by atoms with van der Waals surface area (Å²) >= 11 is 4.06. The first-order valence-electron chi connectivity index (χ1n) is 10.6. The molecule has 0 saturated carbocycles. The molecule has 4 atom stereocenters. The Labute approximate surface area is 194 Å². The van der Waals surface area contributed by atoms with Crippen molar-refractivity contribution >= 4 is 42.2 Å². The fourth-order valence-electron chi connectivity index (χ4n) is 2.88. The molecule has 0 aromatic heterocycles. The van der Waals surface area contributed by atoms with E-state index in [2.05, 4.69) is 28.6 Å². The summed E-state index contributed by atoms with van der Waals surface area (Å²) in [6.45, 7) is 7.60. The second-order valence-electron chi connectivity index (χ2n) is 8.57. The van der Waals surface area contributed by atoms with Crippen molar-refractivity contribution in [1.82, 2.24) is 16.0 Å². The summed E-state index contributed by atoms with van der Waals surface area (Å²) in [5, 5.41) is 16.6. The average Bonchev–Trinajstić information content (AvgIpc) is 2.66. The van der Waals surface area contributed by atoms with E-state index in [4.69, 9.17) is 11.5 Å². The topological polar surface area (TPSA) is 194 Å². The molecule has 32 heavy (non-hydrogen) atoms. The Morgan fingerprint density at radius 2 is 1.28 bits per heavy atom. The lowest BCUT2D eigenvalue weighted by Crippen LogP contribution is -2.58. The van der Waals surface area contributed by atoms with Crippen molar-refractivity contribution in [2.45, 2.75) is 77.5 Å². The maximum Gasteiger partial charge on any atom is 0.326 e. The van der Waals surface area contributed by atoms with Crippen LogP contribution in [0.2, 0.25) is 0 Å². The van der Waals surface area contributed by atoms with Gasteiger partial charge in [0.15, 0.2) is 0 Å². The highest BCUT2D eigenvalue weighted by atomic mass is 32.1. The van der Waals surface area contributed by atoms with Crippen molar-refractivity contribution in [2.75, 3.05) is 5.75 Å². The smallest absolute Gasteiger partial charge is 0.326 e. The summed E-state index contributed by atoms with van der Waals surface area (Å²) < 4.78 is 0. The molecule has 0 bridgehead atoms. The van der Waals surface area contributed by atoms with E-state index in [0.29, 0.717) is 12.8 Å². The third-order valence-electron chi connectivity index (χ3n) is 4.51. The molecule has 0 aromatic rings. The molecule has 0 spiro atoms. The molecule has 4 amide bonds. The zero-order valence-electron chi connectivity index (χ0n) is 19.1. The largest absolute Gasteiger partial charge is 0.480 e. The minimum atomic E-state index is -1.35. The molecule has 0 radical (unpaired) electrons. The second kappa shape index (κ2) is 14.7.